The van der Waals surface area contributed by atoms with Crippen LogP contribution >= 0.6 is 11.6 Å². The van der Waals surface area contributed by atoms with Crippen molar-refractivity contribution >= 4 is 17.5 Å². The van der Waals surface area contributed by atoms with Crippen LogP contribution in [0.1, 0.15) is 24.8 Å². The number of nitrogens with zero attached hydrogens (tertiary/aromatic N) is 2. The summed E-state index contributed by atoms with van der Waals surface area (Å²) in [4.78, 5) is 2.46. The van der Waals surface area contributed by atoms with Crippen molar-refractivity contribution in [2.75, 3.05) is 18.8 Å². The van der Waals surface area contributed by atoms with E-state index in [-0.39, 0.29) is 0 Å². The van der Waals surface area contributed by atoms with Crippen LogP contribution in [0.4, 0.5) is 5.88 Å². The first kappa shape index (κ1) is 13.5. The third-order valence-electron chi connectivity index (χ3n) is 3.72. The maximum absolute atomic E-state index is 6.39. The highest BCUT2D eigenvalue weighted by molar-refractivity contribution is 6.31. The number of rotatable bonds is 3. The van der Waals surface area contributed by atoms with E-state index in [1.165, 1.54) is 19.3 Å². The maximum Gasteiger partial charge on any atom is 0.222 e. The van der Waals surface area contributed by atoms with Gasteiger partial charge in [0.05, 0.1) is 0 Å². The van der Waals surface area contributed by atoms with E-state index in [0.717, 1.165) is 35.8 Å². The number of hydrogen-bond donors (Lipinski definition) is 1. The lowest BCUT2D eigenvalue weighted by molar-refractivity contribution is 0.221. The van der Waals surface area contributed by atoms with Crippen molar-refractivity contribution < 1.29 is 4.52 Å². The van der Waals surface area contributed by atoms with E-state index in [1.807, 2.05) is 12.1 Å². The van der Waals surface area contributed by atoms with Gasteiger partial charge in [0.15, 0.2) is 0 Å². The van der Waals surface area contributed by atoms with Crippen molar-refractivity contribution in [1.82, 2.24) is 10.1 Å². The minimum atomic E-state index is 0.313. The average Bonchev–Trinajstić information content (AvgIpc) is 2.89. The normalized spacial score (nSPS) is 16.4. The Morgan fingerprint density at radius 2 is 2.00 bits per heavy atom. The second kappa shape index (κ2) is 5.85. The lowest BCUT2D eigenvalue weighted by atomic mass is 10.1. The molecule has 106 valence electrons. The van der Waals surface area contributed by atoms with Crippen molar-refractivity contribution in [3.8, 4) is 11.3 Å². The Hall–Kier alpha value is -1.52. The fraction of sp³-hybridized carbons (Fsp3) is 0.400. The van der Waals surface area contributed by atoms with E-state index in [0.29, 0.717) is 11.6 Å². The van der Waals surface area contributed by atoms with Gasteiger partial charge in [0.25, 0.3) is 0 Å². The quantitative estimate of drug-likeness (QED) is 0.939. The molecule has 4 nitrogen and oxygen atoms in total. The smallest absolute Gasteiger partial charge is 0.222 e. The van der Waals surface area contributed by atoms with Gasteiger partial charge in [-0.1, -0.05) is 35.3 Å². The molecule has 2 N–H and O–H groups in total. The molecule has 1 aliphatic heterocycles. The SMILES string of the molecule is Nc1cc(-c2ccc(CN3CCCCC3)c(Cl)c2)no1. The number of piperidine rings is 1. The number of anilines is 1. The van der Waals surface area contributed by atoms with Gasteiger partial charge in [0.1, 0.15) is 5.69 Å². The summed E-state index contributed by atoms with van der Waals surface area (Å²) in [6.45, 7) is 3.25. The summed E-state index contributed by atoms with van der Waals surface area (Å²) in [6, 6.07) is 7.72. The van der Waals surface area contributed by atoms with Crippen molar-refractivity contribution in [2.24, 2.45) is 0 Å². The predicted molar refractivity (Wildman–Crippen MR) is 80.5 cm³/mol. The van der Waals surface area contributed by atoms with Gasteiger partial charge in [-0.15, -0.1) is 0 Å². The largest absolute Gasteiger partial charge is 0.368 e. The molecule has 0 radical (unpaired) electrons. The van der Waals surface area contributed by atoms with Gasteiger partial charge in [-0.25, -0.2) is 0 Å². The van der Waals surface area contributed by atoms with Crippen LogP contribution in [0.2, 0.25) is 5.02 Å². The number of nitrogen functional groups attached to an aromatic ring is 1. The summed E-state index contributed by atoms with van der Waals surface area (Å²) in [5.74, 6) is 0.313. The molecule has 2 aromatic rings. The Morgan fingerprint density at radius 3 is 2.65 bits per heavy atom. The molecule has 0 aliphatic carbocycles. The number of hydrogen-bond acceptors (Lipinski definition) is 4. The highest BCUT2D eigenvalue weighted by Gasteiger charge is 2.13. The highest BCUT2D eigenvalue weighted by atomic mass is 35.5. The molecular weight excluding hydrogens is 274 g/mol. The van der Waals surface area contributed by atoms with Crippen LogP contribution in [0.5, 0.6) is 0 Å². The zero-order valence-electron chi connectivity index (χ0n) is 11.3. The standard InChI is InChI=1S/C15H18ClN3O/c16-13-8-11(14-9-15(17)20-18-14)4-5-12(13)10-19-6-2-1-3-7-19/h4-5,8-9H,1-3,6-7,10,17H2. The molecule has 0 saturated carbocycles. The van der Waals surface area contributed by atoms with Gasteiger partial charge in [0.2, 0.25) is 5.88 Å². The molecule has 1 saturated heterocycles. The van der Waals surface area contributed by atoms with E-state index < -0.39 is 0 Å². The van der Waals surface area contributed by atoms with Crippen molar-refractivity contribution in [3.63, 3.8) is 0 Å². The molecule has 1 aromatic carbocycles. The van der Waals surface area contributed by atoms with Crippen molar-refractivity contribution in [2.45, 2.75) is 25.8 Å². The second-order valence-corrected chi connectivity index (χ2v) is 5.66. The zero-order valence-corrected chi connectivity index (χ0v) is 12.1. The average molecular weight is 292 g/mol. The monoisotopic (exact) mass is 291 g/mol. The van der Waals surface area contributed by atoms with E-state index in [4.69, 9.17) is 21.9 Å². The Kier molecular flexibility index (Phi) is 3.94. The molecule has 1 aromatic heterocycles. The molecule has 0 unspecified atom stereocenters. The molecule has 0 amide bonds. The second-order valence-electron chi connectivity index (χ2n) is 5.26. The van der Waals surface area contributed by atoms with Crippen molar-refractivity contribution in [1.29, 1.82) is 0 Å². The molecule has 1 fully saturated rings. The molecule has 20 heavy (non-hydrogen) atoms. The molecule has 3 rings (SSSR count). The van der Waals surface area contributed by atoms with Crippen LogP contribution in [0.3, 0.4) is 0 Å². The Morgan fingerprint density at radius 1 is 1.20 bits per heavy atom. The summed E-state index contributed by atoms with van der Waals surface area (Å²) in [5.41, 5.74) is 8.34. The lowest BCUT2D eigenvalue weighted by Gasteiger charge is -2.26. The first-order chi connectivity index (χ1) is 9.72. The van der Waals surface area contributed by atoms with Crippen LogP contribution in [0, 0.1) is 0 Å². The zero-order chi connectivity index (χ0) is 13.9. The molecule has 0 spiro atoms. The molecule has 0 bridgehead atoms. The van der Waals surface area contributed by atoms with Crippen LogP contribution in [0.25, 0.3) is 11.3 Å². The van der Waals surface area contributed by atoms with E-state index in [1.54, 1.807) is 6.07 Å². The molecular formula is C15H18ClN3O. The van der Waals surface area contributed by atoms with Gasteiger partial charge in [-0.2, -0.15) is 0 Å². The van der Waals surface area contributed by atoms with Gasteiger partial charge in [0, 0.05) is 23.2 Å². The van der Waals surface area contributed by atoms with Gasteiger partial charge in [-0.3, -0.25) is 4.90 Å². The van der Waals surface area contributed by atoms with E-state index in [9.17, 15) is 0 Å². The number of aromatic nitrogens is 1. The Balaban J connectivity index is 1.76. The summed E-state index contributed by atoms with van der Waals surface area (Å²) < 4.78 is 4.89. The Bertz CT molecular complexity index is 591. The first-order valence-corrected chi connectivity index (χ1v) is 7.33. The number of likely N-dealkylation sites (tertiary alicyclic amines) is 1. The minimum absolute atomic E-state index is 0.313. The fourth-order valence-corrected chi connectivity index (χ4v) is 2.86. The lowest BCUT2D eigenvalue weighted by Crippen LogP contribution is -2.29. The summed E-state index contributed by atoms with van der Waals surface area (Å²) in [5, 5.41) is 4.68. The predicted octanol–water partition coefficient (Wildman–Crippen LogP) is 3.56. The van der Waals surface area contributed by atoms with Crippen molar-refractivity contribution in [3.05, 3.63) is 34.9 Å². The molecule has 0 atom stereocenters. The minimum Gasteiger partial charge on any atom is -0.368 e. The fourth-order valence-electron chi connectivity index (χ4n) is 2.62. The van der Waals surface area contributed by atoms with Gasteiger partial charge >= 0.3 is 0 Å². The Labute approximate surface area is 123 Å². The molecule has 5 heteroatoms. The van der Waals surface area contributed by atoms with Gasteiger partial charge in [-0.05, 0) is 37.6 Å². The first-order valence-electron chi connectivity index (χ1n) is 6.96. The topological polar surface area (TPSA) is 55.3 Å². The summed E-state index contributed by atoms with van der Waals surface area (Å²) in [6.07, 6.45) is 3.92. The van der Waals surface area contributed by atoms with Gasteiger partial charge < -0.3 is 10.3 Å². The highest BCUT2D eigenvalue weighted by Crippen LogP contribution is 2.27. The summed E-state index contributed by atoms with van der Waals surface area (Å²) in [7, 11) is 0. The van der Waals surface area contributed by atoms with E-state index in [2.05, 4.69) is 16.1 Å². The van der Waals surface area contributed by atoms with Crippen LogP contribution in [0.15, 0.2) is 28.8 Å². The number of halogens is 1. The number of nitrogens with two attached hydrogens (primary N) is 1. The number of benzene rings is 1. The van der Waals surface area contributed by atoms with Crippen LogP contribution < -0.4 is 5.73 Å². The third-order valence-corrected chi connectivity index (χ3v) is 4.07. The van der Waals surface area contributed by atoms with Crippen LogP contribution in [-0.2, 0) is 6.54 Å². The molecule has 1 aliphatic rings. The summed E-state index contributed by atoms with van der Waals surface area (Å²) >= 11 is 6.39. The van der Waals surface area contributed by atoms with E-state index >= 15 is 0 Å². The third kappa shape index (κ3) is 2.97. The molecule has 2 heterocycles. The van der Waals surface area contributed by atoms with Crippen LogP contribution in [-0.4, -0.2) is 23.1 Å². The maximum atomic E-state index is 6.39.